The first-order chi connectivity index (χ1) is 5.61. The van der Waals surface area contributed by atoms with E-state index in [-0.39, 0.29) is 24.1 Å². The van der Waals surface area contributed by atoms with Crippen LogP contribution in [0.15, 0.2) is 12.2 Å². The molecule has 0 rings (SSSR count). The van der Waals surface area contributed by atoms with E-state index in [1.54, 1.807) is 19.9 Å². The Hall–Kier alpha value is -1.12. The second kappa shape index (κ2) is 5.52. The molecule has 0 aliphatic heterocycles. The van der Waals surface area contributed by atoms with Gasteiger partial charge in [-0.15, -0.1) is 0 Å². The summed E-state index contributed by atoms with van der Waals surface area (Å²) in [5, 5.41) is 0. The molecule has 0 saturated heterocycles. The van der Waals surface area contributed by atoms with E-state index in [9.17, 15) is 9.59 Å². The van der Waals surface area contributed by atoms with E-state index >= 15 is 0 Å². The van der Waals surface area contributed by atoms with E-state index in [1.807, 2.05) is 0 Å². The summed E-state index contributed by atoms with van der Waals surface area (Å²) in [5.74, 6) is -0.734. The maximum absolute atomic E-state index is 11.0. The van der Waals surface area contributed by atoms with Crippen molar-refractivity contribution in [2.45, 2.75) is 20.3 Å². The van der Waals surface area contributed by atoms with Crippen LogP contribution in [0.2, 0.25) is 0 Å². The molecule has 68 valence electrons. The van der Waals surface area contributed by atoms with E-state index in [2.05, 4.69) is 4.74 Å². The summed E-state index contributed by atoms with van der Waals surface area (Å²) in [6.45, 7) is 3.44. The van der Waals surface area contributed by atoms with Gasteiger partial charge in [0.15, 0.2) is 5.78 Å². The standard InChI is InChI=1S/C9H14O3/c1-4-5-8(10)6-7(2)9(11)12-3/h4-5,7H,6H2,1-3H3/b5-4+/t7-/m0/s1. The largest absolute Gasteiger partial charge is 0.469 e. The third kappa shape index (κ3) is 3.91. The van der Waals surface area contributed by atoms with Crippen molar-refractivity contribution in [3.63, 3.8) is 0 Å². The highest BCUT2D eigenvalue weighted by Gasteiger charge is 2.15. The van der Waals surface area contributed by atoms with Gasteiger partial charge in [0.25, 0.3) is 0 Å². The van der Waals surface area contributed by atoms with Gasteiger partial charge in [-0.2, -0.15) is 0 Å². The maximum Gasteiger partial charge on any atom is 0.308 e. The molecule has 0 spiro atoms. The van der Waals surface area contributed by atoms with E-state index in [1.165, 1.54) is 13.2 Å². The number of methoxy groups -OCH3 is 1. The summed E-state index contributed by atoms with van der Waals surface area (Å²) in [6, 6.07) is 0. The van der Waals surface area contributed by atoms with Gasteiger partial charge in [-0.25, -0.2) is 0 Å². The van der Waals surface area contributed by atoms with Gasteiger partial charge < -0.3 is 4.74 Å². The van der Waals surface area contributed by atoms with Crippen LogP contribution in [-0.2, 0) is 14.3 Å². The van der Waals surface area contributed by atoms with Crippen LogP contribution >= 0.6 is 0 Å². The minimum Gasteiger partial charge on any atom is -0.469 e. The normalized spacial score (nSPS) is 12.9. The number of allylic oxidation sites excluding steroid dienone is 2. The van der Waals surface area contributed by atoms with E-state index in [0.717, 1.165) is 0 Å². The number of esters is 1. The smallest absolute Gasteiger partial charge is 0.308 e. The molecular formula is C9H14O3. The van der Waals surface area contributed by atoms with Crippen molar-refractivity contribution in [3.8, 4) is 0 Å². The van der Waals surface area contributed by atoms with Crippen LogP contribution < -0.4 is 0 Å². The van der Waals surface area contributed by atoms with Crippen molar-refractivity contribution in [3.05, 3.63) is 12.2 Å². The molecule has 3 heteroatoms. The highest BCUT2D eigenvalue weighted by Crippen LogP contribution is 2.04. The summed E-state index contributed by atoms with van der Waals surface area (Å²) >= 11 is 0. The van der Waals surface area contributed by atoms with Crippen molar-refractivity contribution in [2.75, 3.05) is 7.11 Å². The first-order valence-electron chi connectivity index (χ1n) is 3.85. The lowest BCUT2D eigenvalue weighted by Crippen LogP contribution is -2.15. The molecule has 0 N–H and O–H groups in total. The lowest BCUT2D eigenvalue weighted by atomic mass is 10.1. The van der Waals surface area contributed by atoms with Gasteiger partial charge in [-0.3, -0.25) is 9.59 Å². The van der Waals surface area contributed by atoms with Crippen molar-refractivity contribution >= 4 is 11.8 Å². The topological polar surface area (TPSA) is 43.4 Å². The van der Waals surface area contributed by atoms with Crippen LogP contribution in [0.3, 0.4) is 0 Å². The van der Waals surface area contributed by atoms with Gasteiger partial charge >= 0.3 is 5.97 Å². The maximum atomic E-state index is 11.0. The van der Waals surface area contributed by atoms with Gasteiger partial charge in [0, 0.05) is 6.42 Å². The van der Waals surface area contributed by atoms with Crippen LogP contribution in [0.1, 0.15) is 20.3 Å². The molecular weight excluding hydrogens is 156 g/mol. The van der Waals surface area contributed by atoms with Crippen molar-refractivity contribution < 1.29 is 14.3 Å². The van der Waals surface area contributed by atoms with Crippen LogP contribution in [0.4, 0.5) is 0 Å². The fourth-order valence-corrected chi connectivity index (χ4v) is 0.840. The number of ether oxygens (including phenoxy) is 1. The van der Waals surface area contributed by atoms with Gasteiger partial charge in [0.2, 0.25) is 0 Å². The Morgan fingerprint density at radius 1 is 1.50 bits per heavy atom. The molecule has 12 heavy (non-hydrogen) atoms. The molecule has 0 aliphatic rings. The minimum absolute atomic E-state index is 0.0459. The average molecular weight is 170 g/mol. The van der Waals surface area contributed by atoms with Crippen molar-refractivity contribution in [1.29, 1.82) is 0 Å². The molecule has 0 aromatic rings. The highest BCUT2D eigenvalue weighted by atomic mass is 16.5. The van der Waals surface area contributed by atoms with E-state index < -0.39 is 0 Å². The molecule has 1 atom stereocenters. The SMILES string of the molecule is C/C=C/C(=O)C[C@H](C)C(=O)OC. The zero-order valence-electron chi connectivity index (χ0n) is 7.66. The average Bonchev–Trinajstić information content (AvgIpc) is 2.03. The van der Waals surface area contributed by atoms with Crippen LogP contribution in [0, 0.1) is 5.92 Å². The summed E-state index contributed by atoms with van der Waals surface area (Å²) in [5.41, 5.74) is 0. The molecule has 0 heterocycles. The lowest BCUT2D eigenvalue weighted by Gasteiger charge is -2.05. The fraction of sp³-hybridized carbons (Fsp3) is 0.556. The Bertz CT molecular complexity index is 194. The summed E-state index contributed by atoms with van der Waals surface area (Å²) in [7, 11) is 1.32. The highest BCUT2D eigenvalue weighted by molar-refractivity contribution is 5.92. The van der Waals surface area contributed by atoms with Crippen molar-refractivity contribution in [2.24, 2.45) is 5.92 Å². The number of rotatable bonds is 4. The summed E-state index contributed by atoms with van der Waals surface area (Å²) in [4.78, 5) is 21.8. The molecule has 3 nitrogen and oxygen atoms in total. The Labute approximate surface area is 72.4 Å². The Morgan fingerprint density at radius 2 is 2.08 bits per heavy atom. The van der Waals surface area contributed by atoms with E-state index in [0.29, 0.717) is 0 Å². The molecule has 0 saturated carbocycles. The number of hydrogen-bond donors (Lipinski definition) is 0. The first-order valence-corrected chi connectivity index (χ1v) is 3.85. The molecule has 0 fully saturated rings. The van der Waals surface area contributed by atoms with Gasteiger partial charge in [0.05, 0.1) is 13.0 Å². The van der Waals surface area contributed by atoms with E-state index in [4.69, 9.17) is 0 Å². The second-order valence-electron chi connectivity index (χ2n) is 2.59. The Morgan fingerprint density at radius 3 is 2.50 bits per heavy atom. The van der Waals surface area contributed by atoms with Crippen LogP contribution in [0.5, 0.6) is 0 Å². The minimum atomic E-state index is -0.348. The third-order valence-electron chi connectivity index (χ3n) is 1.46. The molecule has 0 aromatic heterocycles. The number of carbonyl (C=O) groups is 2. The quantitative estimate of drug-likeness (QED) is 0.472. The van der Waals surface area contributed by atoms with Gasteiger partial charge in [0.1, 0.15) is 0 Å². The van der Waals surface area contributed by atoms with Crippen LogP contribution in [-0.4, -0.2) is 18.9 Å². The van der Waals surface area contributed by atoms with Crippen molar-refractivity contribution in [1.82, 2.24) is 0 Å². The first kappa shape index (κ1) is 10.9. The molecule has 0 unspecified atom stereocenters. The number of hydrogen-bond acceptors (Lipinski definition) is 3. The summed E-state index contributed by atoms with van der Waals surface area (Å²) < 4.78 is 4.48. The monoisotopic (exact) mass is 170 g/mol. The van der Waals surface area contributed by atoms with Gasteiger partial charge in [-0.05, 0) is 13.0 Å². The Kier molecular flexibility index (Phi) is 5.00. The lowest BCUT2D eigenvalue weighted by molar-refractivity contribution is -0.146. The Balaban J connectivity index is 3.92. The third-order valence-corrected chi connectivity index (χ3v) is 1.46. The van der Waals surface area contributed by atoms with Crippen LogP contribution in [0.25, 0.3) is 0 Å². The zero-order chi connectivity index (χ0) is 9.56. The molecule has 0 amide bonds. The zero-order valence-corrected chi connectivity index (χ0v) is 7.66. The number of carbonyl (C=O) groups excluding carboxylic acids is 2. The molecule has 0 aromatic carbocycles. The second-order valence-corrected chi connectivity index (χ2v) is 2.59. The number of ketones is 1. The summed E-state index contributed by atoms with van der Waals surface area (Å²) in [6.07, 6.45) is 3.34. The predicted octanol–water partition coefficient (Wildman–Crippen LogP) is 1.33. The molecule has 0 aliphatic carbocycles. The fourth-order valence-electron chi connectivity index (χ4n) is 0.840. The molecule has 0 bridgehead atoms. The predicted molar refractivity (Wildman–Crippen MR) is 45.6 cm³/mol. The molecule has 0 radical (unpaired) electrons. The van der Waals surface area contributed by atoms with Gasteiger partial charge in [-0.1, -0.05) is 13.0 Å².